The Hall–Kier alpha value is -3.46. The van der Waals surface area contributed by atoms with Crippen LogP contribution in [0.3, 0.4) is 0 Å². The van der Waals surface area contributed by atoms with Gasteiger partial charge in [-0.2, -0.15) is 0 Å². The van der Waals surface area contributed by atoms with E-state index >= 15 is 0 Å². The lowest BCUT2D eigenvalue weighted by molar-refractivity contribution is -0.264. The molecule has 3 aliphatic heterocycles. The van der Waals surface area contributed by atoms with Crippen molar-refractivity contribution in [3.05, 3.63) is 47.6 Å². The van der Waals surface area contributed by atoms with E-state index in [0.29, 0.717) is 68.9 Å². The summed E-state index contributed by atoms with van der Waals surface area (Å²) in [4.78, 5) is 71.0. The zero-order valence-electron chi connectivity index (χ0n) is 41.1. The van der Waals surface area contributed by atoms with Gasteiger partial charge in [0.25, 0.3) is 11.7 Å². The van der Waals surface area contributed by atoms with Gasteiger partial charge in [-0.15, -0.1) is 0 Å². The summed E-state index contributed by atoms with van der Waals surface area (Å²) >= 11 is 0. The number of nitrogens with one attached hydrogen (secondary N) is 1. The number of hydrogen-bond acceptors (Lipinski definition) is 15. The predicted molar refractivity (Wildman–Crippen MR) is 253 cm³/mol. The average molecular weight is 979 g/mol. The number of amides is 1. The Labute approximate surface area is 403 Å². The number of Topliss-reactive ketones (excluding diaryl/α,β-unsaturated/α-hetero) is 3. The zero-order chi connectivity index (χ0) is 50.2. The molecule has 68 heavy (non-hydrogen) atoms. The molecule has 17 nitrogen and oxygen atoms in total. The first-order valence-electron chi connectivity index (χ1n) is 24.3. The highest BCUT2D eigenvalue weighted by Crippen LogP contribution is 2.37. The van der Waals surface area contributed by atoms with Gasteiger partial charge >= 0.3 is 5.97 Å². The Kier molecular flexibility index (Phi) is 22.9. The number of rotatable bonds is 10. The first kappa shape index (κ1) is 57.1. The van der Waals surface area contributed by atoms with Crippen LogP contribution in [0, 0.1) is 17.8 Å². The summed E-state index contributed by atoms with van der Waals surface area (Å²) in [6.45, 7) is 6.79. The molecule has 0 spiro atoms. The second-order valence-electron chi connectivity index (χ2n) is 19.3. The third-order valence-corrected chi connectivity index (χ3v) is 15.5. The number of ketones is 3. The number of sulfonamides is 1. The highest BCUT2D eigenvalue weighted by Gasteiger charge is 2.53. The topological polar surface area (TPSA) is 242 Å². The van der Waals surface area contributed by atoms with Gasteiger partial charge in [0.1, 0.15) is 30.1 Å². The fraction of sp³-hybridized carbons (Fsp3) is 0.740. The number of esters is 1. The second kappa shape index (κ2) is 27.2. The van der Waals surface area contributed by atoms with Crippen LogP contribution in [0.1, 0.15) is 124 Å². The molecule has 4 rings (SSSR count). The minimum absolute atomic E-state index is 0.0134. The lowest BCUT2D eigenvalue weighted by Crippen LogP contribution is -2.61. The van der Waals surface area contributed by atoms with Gasteiger partial charge in [0.15, 0.2) is 5.78 Å². The van der Waals surface area contributed by atoms with Crippen molar-refractivity contribution in [2.24, 2.45) is 17.8 Å². The smallest absolute Gasteiger partial charge is 0.329 e. The lowest BCUT2D eigenvalue weighted by Gasteiger charge is -2.43. The summed E-state index contributed by atoms with van der Waals surface area (Å²) in [6.07, 6.45) is 10.1. The van der Waals surface area contributed by atoms with Gasteiger partial charge in [-0.05, 0) is 108 Å². The fourth-order valence-corrected chi connectivity index (χ4v) is 10.9. The van der Waals surface area contributed by atoms with Gasteiger partial charge in [0.2, 0.25) is 15.8 Å². The van der Waals surface area contributed by atoms with Crippen LogP contribution in [0.4, 0.5) is 0 Å². The maximum atomic E-state index is 14.3. The van der Waals surface area contributed by atoms with E-state index in [9.17, 15) is 47.7 Å². The van der Waals surface area contributed by atoms with Crippen molar-refractivity contribution in [2.75, 3.05) is 40.2 Å². The van der Waals surface area contributed by atoms with E-state index in [-0.39, 0.29) is 86.9 Å². The van der Waals surface area contributed by atoms with Gasteiger partial charge in [-0.25, -0.2) is 17.9 Å². The van der Waals surface area contributed by atoms with Crippen molar-refractivity contribution in [3.8, 4) is 0 Å². The van der Waals surface area contributed by atoms with Crippen LogP contribution in [0.5, 0.6) is 0 Å². The highest BCUT2D eigenvalue weighted by atomic mass is 32.2. The van der Waals surface area contributed by atoms with E-state index in [1.165, 1.54) is 14.2 Å². The third-order valence-electron chi connectivity index (χ3n) is 14.1. The van der Waals surface area contributed by atoms with Crippen molar-refractivity contribution in [1.29, 1.82) is 0 Å². The van der Waals surface area contributed by atoms with E-state index in [0.717, 1.165) is 4.90 Å². The Morgan fingerprint density at radius 1 is 0.926 bits per heavy atom. The Bertz CT molecular complexity index is 1950. The number of aliphatic hydroxyl groups excluding tert-OH is 2. The quantitative estimate of drug-likeness (QED) is 0.135. The van der Waals surface area contributed by atoms with Crippen LogP contribution in [0.15, 0.2) is 47.6 Å². The first-order chi connectivity index (χ1) is 32.2. The molecule has 0 aromatic rings. The maximum absolute atomic E-state index is 14.3. The number of allylic oxidation sites excluding steroid dienone is 6. The summed E-state index contributed by atoms with van der Waals surface area (Å²) in [5.41, 5.74) is 0.965. The van der Waals surface area contributed by atoms with Gasteiger partial charge in [0, 0.05) is 59.1 Å². The number of piperidine rings is 1. The summed E-state index contributed by atoms with van der Waals surface area (Å²) in [5, 5.41) is 33.7. The SMILES string of the molecule is COCCS(=O)(=O)N[C@@H]1C[C@@H]2CC[C@@H](C)[C@@](O)(O2)C(=O)C(=O)N2CCCC[C@H]2C(=O)O[C@H]([C@H](C)C[C@@H]2CC[C@@H](O)[C@H](OC)C2)CC(=O)C/C=C(\C)[C@@H](O)[C@@H](OC)C(=O)CCC/C=C/C=C/C=C/1C. The Morgan fingerprint density at radius 2 is 1.68 bits per heavy atom. The van der Waals surface area contributed by atoms with Gasteiger partial charge in [-0.3, -0.25) is 19.2 Å². The first-order valence-corrected chi connectivity index (χ1v) is 26.0. The monoisotopic (exact) mass is 979 g/mol. The molecule has 0 aromatic carbocycles. The molecular weight excluding hydrogens is 901 g/mol. The van der Waals surface area contributed by atoms with Gasteiger partial charge in [0.05, 0.1) is 30.7 Å². The summed E-state index contributed by atoms with van der Waals surface area (Å²) < 4.78 is 57.3. The third kappa shape index (κ3) is 16.3. The van der Waals surface area contributed by atoms with E-state index in [1.807, 2.05) is 13.0 Å². The van der Waals surface area contributed by atoms with E-state index in [4.69, 9.17) is 23.7 Å². The molecule has 0 aromatic heterocycles. The molecule has 1 amide bonds. The molecule has 0 unspecified atom stereocenters. The number of aliphatic hydroxyl groups is 3. The lowest BCUT2D eigenvalue weighted by atomic mass is 9.78. The number of carbonyl (C=O) groups excluding carboxylic acids is 5. The van der Waals surface area contributed by atoms with Gasteiger partial charge < -0.3 is 43.9 Å². The molecule has 4 N–H and O–H groups in total. The van der Waals surface area contributed by atoms with Crippen molar-refractivity contribution in [2.45, 2.75) is 179 Å². The highest BCUT2D eigenvalue weighted by molar-refractivity contribution is 7.89. The zero-order valence-corrected chi connectivity index (χ0v) is 42.0. The normalized spacial score (nSPS) is 36.1. The van der Waals surface area contributed by atoms with Crippen LogP contribution in [-0.4, -0.2) is 153 Å². The predicted octanol–water partition coefficient (Wildman–Crippen LogP) is 4.36. The second-order valence-corrected chi connectivity index (χ2v) is 21.1. The summed E-state index contributed by atoms with van der Waals surface area (Å²) in [5.74, 6) is -7.76. The molecule has 12 atom stereocenters. The van der Waals surface area contributed by atoms with Crippen molar-refractivity contribution < 1.29 is 71.4 Å². The number of hydrogen-bond donors (Lipinski definition) is 4. The molecule has 0 radical (unpaired) electrons. The molecule has 3 heterocycles. The molecule has 2 bridgehead atoms. The van der Waals surface area contributed by atoms with E-state index < -0.39 is 82.0 Å². The number of fused-ring (bicyclic) bond motifs is 3. The summed E-state index contributed by atoms with van der Waals surface area (Å²) in [7, 11) is 0.407. The number of ether oxygens (including phenoxy) is 5. The number of nitrogens with zero attached hydrogens (tertiary/aromatic N) is 1. The molecule has 3 fully saturated rings. The Balaban J connectivity index is 1.69. The minimum Gasteiger partial charge on any atom is -0.460 e. The molecule has 1 aliphatic carbocycles. The van der Waals surface area contributed by atoms with Crippen molar-refractivity contribution in [3.63, 3.8) is 0 Å². The van der Waals surface area contributed by atoms with E-state index in [1.54, 1.807) is 58.3 Å². The molecule has 4 aliphatic rings. The molecule has 384 valence electrons. The number of carbonyl (C=O) groups is 5. The van der Waals surface area contributed by atoms with E-state index in [2.05, 4.69) is 4.72 Å². The average Bonchev–Trinajstić information content (AvgIpc) is 3.31. The fourth-order valence-electron chi connectivity index (χ4n) is 9.67. The minimum atomic E-state index is -3.87. The van der Waals surface area contributed by atoms with Crippen LogP contribution < -0.4 is 4.72 Å². The van der Waals surface area contributed by atoms with Crippen molar-refractivity contribution >= 4 is 39.2 Å². The van der Waals surface area contributed by atoms with Crippen LogP contribution in [0.2, 0.25) is 0 Å². The van der Waals surface area contributed by atoms with Crippen LogP contribution in [0.25, 0.3) is 0 Å². The molecule has 2 saturated heterocycles. The van der Waals surface area contributed by atoms with Crippen LogP contribution >= 0.6 is 0 Å². The molecular formula is C50H78N2O15S. The number of cyclic esters (lactones) is 1. The largest absolute Gasteiger partial charge is 0.460 e. The number of methoxy groups -OCH3 is 3. The standard InChI is InChI=1S/C50H78N2O15S/c1-32-16-12-10-8-9-11-13-18-42(55)46(65-7)45(56)33(2)19-22-37(53)30-43(34(3)28-36-21-24-41(54)44(29-36)64-6)66-49(59)40-17-14-15-25-52(40)48(58)47(57)50(60)35(4)20-23-38(67-50)31-39(32)51-68(61,62)27-26-63-5/h8-10,12,16,19,34-36,38-41,43-46,51,54,56,60H,11,13-15,17-18,20-31H2,1-7H3/b9-8+,12-10+,32-16+,33-19+/t34-,35-,36+,38+,39-,40+,41-,43+,44-,45-,46+,50-/m1/s1. The molecule has 1 saturated carbocycles. The Morgan fingerprint density at radius 3 is 2.38 bits per heavy atom. The maximum Gasteiger partial charge on any atom is 0.329 e. The molecule has 18 heteroatoms. The summed E-state index contributed by atoms with van der Waals surface area (Å²) in [6, 6.07) is -2.04. The van der Waals surface area contributed by atoms with Crippen LogP contribution in [-0.2, 0) is 57.7 Å². The van der Waals surface area contributed by atoms with Crippen molar-refractivity contribution in [1.82, 2.24) is 9.62 Å². The van der Waals surface area contributed by atoms with Gasteiger partial charge in [-0.1, -0.05) is 55.9 Å².